The van der Waals surface area contributed by atoms with Gasteiger partial charge in [-0.05, 0) is 158 Å². The summed E-state index contributed by atoms with van der Waals surface area (Å²) < 4.78 is 0. The lowest BCUT2D eigenvalue weighted by molar-refractivity contribution is 0.652. The Morgan fingerprint density at radius 1 is 0.571 bits per heavy atom. The molecule has 3 atom stereocenters. The Morgan fingerprint density at radius 2 is 1.08 bits per heavy atom. The summed E-state index contributed by atoms with van der Waals surface area (Å²) in [6.45, 7) is 19.4. The van der Waals surface area contributed by atoms with Gasteiger partial charge >= 0.3 is 0 Å². The fourth-order valence-electron chi connectivity index (χ4n) is 8.78. The Kier molecular flexibility index (Phi) is 12.4. The smallest absolute Gasteiger partial charge is 0.0656 e. The number of aromatic amines is 3. The lowest BCUT2D eigenvalue weighted by atomic mass is 9.90. The monoisotopic (exact) mass is 660 g/mol. The van der Waals surface area contributed by atoms with Gasteiger partial charge in [0.2, 0.25) is 0 Å². The average Bonchev–Trinajstić information content (AvgIpc) is 4.00. The summed E-state index contributed by atoms with van der Waals surface area (Å²) in [5.41, 5.74) is 16.0. The van der Waals surface area contributed by atoms with E-state index in [1.165, 1.54) is 113 Å². The highest BCUT2D eigenvalue weighted by Gasteiger charge is 2.26. The molecule has 0 radical (unpaired) electrons. The second kappa shape index (κ2) is 16.7. The van der Waals surface area contributed by atoms with Crippen LogP contribution in [0.4, 0.5) is 0 Å². The molecule has 6 aromatic rings. The number of hydrogen-bond donors (Lipinski definition) is 3. The van der Waals surface area contributed by atoms with Gasteiger partial charge in [0.15, 0.2) is 0 Å². The predicted molar refractivity (Wildman–Crippen MR) is 209 cm³/mol. The number of aromatic nitrogens is 6. The van der Waals surface area contributed by atoms with Crippen LogP contribution in [0, 0.1) is 6.92 Å². The molecule has 0 saturated carbocycles. The van der Waals surface area contributed by atoms with Crippen molar-refractivity contribution in [1.82, 2.24) is 30.6 Å². The normalized spacial score (nSPS) is 18.3. The molecule has 3 aromatic heterocycles. The van der Waals surface area contributed by atoms with E-state index in [4.69, 9.17) is 0 Å². The third-order valence-electron chi connectivity index (χ3n) is 11.2. The van der Waals surface area contributed by atoms with Crippen LogP contribution in [0.1, 0.15) is 156 Å². The Balaban J connectivity index is 0.000000136. The van der Waals surface area contributed by atoms with Gasteiger partial charge in [-0.25, -0.2) is 0 Å². The maximum Gasteiger partial charge on any atom is 0.0656 e. The van der Waals surface area contributed by atoms with Crippen LogP contribution >= 0.6 is 0 Å². The second-order valence-electron chi connectivity index (χ2n) is 13.5. The first-order valence-corrected chi connectivity index (χ1v) is 19.4. The number of nitrogens with one attached hydrogen (secondary N) is 3. The summed E-state index contributed by atoms with van der Waals surface area (Å²) in [5.74, 6) is 2.33. The summed E-state index contributed by atoms with van der Waals surface area (Å²) in [6.07, 6.45) is 18.5. The molecule has 3 aromatic carbocycles. The van der Waals surface area contributed by atoms with Gasteiger partial charge in [0.25, 0.3) is 0 Å². The van der Waals surface area contributed by atoms with Gasteiger partial charge in [-0.1, -0.05) is 55.4 Å². The van der Waals surface area contributed by atoms with E-state index in [0.29, 0.717) is 0 Å². The molecule has 3 heterocycles. The Morgan fingerprint density at radius 3 is 1.71 bits per heavy atom. The number of nitrogens with zero attached hydrogens (tertiary/aromatic N) is 3. The third kappa shape index (κ3) is 7.07. The molecule has 6 nitrogen and oxygen atoms in total. The quantitative estimate of drug-likeness (QED) is 0.176. The van der Waals surface area contributed by atoms with E-state index in [9.17, 15) is 0 Å². The molecule has 3 N–H and O–H groups in total. The Hall–Kier alpha value is -3.93. The van der Waals surface area contributed by atoms with E-state index in [2.05, 4.69) is 89.5 Å². The van der Waals surface area contributed by atoms with Crippen molar-refractivity contribution in [2.45, 2.75) is 144 Å². The highest BCUT2D eigenvalue weighted by atomic mass is 15.1. The van der Waals surface area contributed by atoms with Crippen LogP contribution in [0.3, 0.4) is 0 Å². The Bertz CT molecular complexity index is 1960. The molecular formula is C43H60N6. The molecule has 0 fully saturated rings. The molecule has 9 rings (SSSR count). The second-order valence-corrected chi connectivity index (χ2v) is 13.5. The molecule has 6 heteroatoms. The number of hydrogen-bond acceptors (Lipinski definition) is 3. The van der Waals surface area contributed by atoms with Crippen LogP contribution in [0.2, 0.25) is 0 Å². The molecule has 0 saturated heterocycles. The summed E-state index contributed by atoms with van der Waals surface area (Å²) in [6, 6.07) is 9.19. The van der Waals surface area contributed by atoms with Crippen LogP contribution in [0.5, 0.6) is 0 Å². The van der Waals surface area contributed by atoms with Crippen molar-refractivity contribution >= 4 is 32.7 Å². The number of benzene rings is 3. The van der Waals surface area contributed by atoms with Crippen LogP contribution in [-0.2, 0) is 25.7 Å². The highest BCUT2D eigenvalue weighted by molar-refractivity contribution is 5.85. The van der Waals surface area contributed by atoms with Crippen molar-refractivity contribution in [3.8, 4) is 0 Å². The van der Waals surface area contributed by atoms with Gasteiger partial charge < -0.3 is 0 Å². The molecular weight excluding hydrogens is 601 g/mol. The molecule has 0 amide bonds. The summed E-state index contributed by atoms with van der Waals surface area (Å²) >= 11 is 0. The summed E-state index contributed by atoms with van der Waals surface area (Å²) in [4.78, 5) is 0. The minimum atomic E-state index is 0.776. The average molecular weight is 661 g/mol. The SMILES string of the molecule is CC.CC.CCC1CCc2cc3[nH]ncc3c(C)c21.CCC1CCc2cc3cn[nH]c3cc21.CCc1c2c(cc3[nH]ncc13)CCC2CC. The van der Waals surface area contributed by atoms with E-state index >= 15 is 0 Å². The van der Waals surface area contributed by atoms with Gasteiger partial charge in [-0.2, -0.15) is 15.3 Å². The van der Waals surface area contributed by atoms with Crippen LogP contribution in [0.15, 0.2) is 42.9 Å². The van der Waals surface area contributed by atoms with E-state index in [-0.39, 0.29) is 0 Å². The maximum atomic E-state index is 4.18. The first-order valence-electron chi connectivity index (χ1n) is 19.4. The topological polar surface area (TPSA) is 86.0 Å². The fourth-order valence-corrected chi connectivity index (χ4v) is 8.78. The van der Waals surface area contributed by atoms with Crippen molar-refractivity contribution in [2.24, 2.45) is 0 Å². The number of fused-ring (bicyclic) bond motifs is 6. The van der Waals surface area contributed by atoms with Gasteiger partial charge in [0, 0.05) is 16.2 Å². The number of rotatable bonds is 4. The fraction of sp³-hybridized carbons (Fsp3) is 0.512. The zero-order valence-corrected chi connectivity index (χ0v) is 31.7. The number of aryl methyl sites for hydroxylation is 5. The molecule has 0 bridgehead atoms. The molecule has 3 aliphatic rings. The zero-order valence-electron chi connectivity index (χ0n) is 31.7. The standard InChI is InChI=1S/C14H18N2.C13H16N2.C12H14N2.2C2H6/c1-3-9-5-6-10-7-13-12(8-15-16-13)11(4-2)14(9)10;1-3-9-4-5-10-6-12-11(7-14-15-12)8(2)13(9)10;1-2-8-3-4-9-5-10-7-13-14-12(10)6-11(8)9;2*1-2/h7-9H,3-6H2,1-2H3,(H,15,16);6-7,9H,3-5H2,1-2H3,(H,14,15);5-8H,2-4H2,1H3,(H,13,14);2*1-2H3. The molecule has 0 aliphatic heterocycles. The summed E-state index contributed by atoms with van der Waals surface area (Å²) in [7, 11) is 0. The van der Waals surface area contributed by atoms with Crippen molar-refractivity contribution in [1.29, 1.82) is 0 Å². The minimum Gasteiger partial charge on any atom is -0.278 e. The van der Waals surface area contributed by atoms with Crippen molar-refractivity contribution in [3.63, 3.8) is 0 Å². The van der Waals surface area contributed by atoms with Crippen molar-refractivity contribution < 1.29 is 0 Å². The van der Waals surface area contributed by atoms with Crippen molar-refractivity contribution in [2.75, 3.05) is 0 Å². The zero-order chi connectivity index (χ0) is 35.1. The maximum absolute atomic E-state index is 4.18. The van der Waals surface area contributed by atoms with Gasteiger partial charge in [0.1, 0.15) is 0 Å². The van der Waals surface area contributed by atoms with Crippen LogP contribution in [-0.4, -0.2) is 30.6 Å². The first-order chi connectivity index (χ1) is 24.0. The molecule has 0 spiro atoms. The van der Waals surface area contributed by atoms with E-state index in [0.717, 1.165) is 24.2 Å². The van der Waals surface area contributed by atoms with Crippen LogP contribution in [0.25, 0.3) is 32.7 Å². The van der Waals surface area contributed by atoms with Gasteiger partial charge in [0.05, 0.1) is 35.1 Å². The van der Waals surface area contributed by atoms with E-state index in [1.54, 1.807) is 22.3 Å². The lowest BCUT2D eigenvalue weighted by Crippen LogP contribution is -1.98. The molecule has 3 aliphatic carbocycles. The van der Waals surface area contributed by atoms with E-state index in [1.807, 2.05) is 46.3 Å². The van der Waals surface area contributed by atoms with E-state index < -0.39 is 0 Å². The van der Waals surface area contributed by atoms with Crippen LogP contribution < -0.4 is 0 Å². The predicted octanol–water partition coefficient (Wildman–Crippen LogP) is 11.9. The largest absolute Gasteiger partial charge is 0.278 e. The highest BCUT2D eigenvalue weighted by Crippen LogP contribution is 2.42. The minimum absolute atomic E-state index is 0.776. The number of H-pyrrole nitrogens is 3. The van der Waals surface area contributed by atoms with Gasteiger partial charge in [-0.3, -0.25) is 15.3 Å². The molecule has 262 valence electrons. The molecule has 3 unspecified atom stereocenters. The summed E-state index contributed by atoms with van der Waals surface area (Å²) in [5, 5.41) is 25.5. The lowest BCUT2D eigenvalue weighted by Gasteiger charge is -2.14. The van der Waals surface area contributed by atoms with Crippen molar-refractivity contribution in [3.05, 3.63) is 87.4 Å². The van der Waals surface area contributed by atoms with Gasteiger partial charge in [-0.15, -0.1) is 0 Å². The molecule has 49 heavy (non-hydrogen) atoms. The Labute approximate surface area is 294 Å². The third-order valence-corrected chi connectivity index (χ3v) is 11.2. The first kappa shape index (κ1) is 36.4.